The lowest BCUT2D eigenvalue weighted by Crippen LogP contribution is -2.39. The van der Waals surface area contributed by atoms with Crippen molar-refractivity contribution < 1.29 is 22.7 Å². The summed E-state index contributed by atoms with van der Waals surface area (Å²) in [5.74, 6) is 1.04. The number of carbonyl (C=O) groups is 1. The van der Waals surface area contributed by atoms with E-state index in [0.29, 0.717) is 31.0 Å². The Labute approximate surface area is 179 Å². The molecule has 0 heterocycles. The molecule has 0 saturated carbocycles. The Hall–Kier alpha value is -2.74. The van der Waals surface area contributed by atoms with Crippen molar-refractivity contribution in [2.24, 2.45) is 0 Å². The van der Waals surface area contributed by atoms with Gasteiger partial charge in [0.1, 0.15) is 18.1 Å². The standard InChI is InChI=1S/C22H30N2O5S/c1-6-21(29-19-11-8-18(9-12-19)24(4)30(5,26)27)22(25)23-13-14-28-20-10-7-16(2)17(3)15-20/h7-12,15,21H,6,13-14H2,1-5H3,(H,23,25). The quantitative estimate of drug-likeness (QED) is 0.581. The molecule has 0 aromatic heterocycles. The number of sulfonamides is 1. The zero-order chi connectivity index (χ0) is 22.3. The summed E-state index contributed by atoms with van der Waals surface area (Å²) in [6.45, 7) is 6.66. The maximum atomic E-state index is 12.4. The van der Waals surface area contributed by atoms with E-state index in [1.807, 2.05) is 39.0 Å². The van der Waals surface area contributed by atoms with E-state index in [-0.39, 0.29) is 5.91 Å². The smallest absolute Gasteiger partial charge is 0.261 e. The summed E-state index contributed by atoms with van der Waals surface area (Å²) in [6, 6.07) is 12.5. The summed E-state index contributed by atoms with van der Waals surface area (Å²) >= 11 is 0. The highest BCUT2D eigenvalue weighted by atomic mass is 32.2. The highest BCUT2D eigenvalue weighted by Gasteiger charge is 2.18. The molecule has 0 fully saturated rings. The first-order valence-electron chi connectivity index (χ1n) is 9.80. The molecule has 2 rings (SSSR count). The second-order valence-electron chi connectivity index (χ2n) is 7.12. The monoisotopic (exact) mass is 434 g/mol. The Morgan fingerprint density at radius 3 is 2.27 bits per heavy atom. The molecule has 2 aromatic carbocycles. The molecule has 0 spiro atoms. The molecule has 7 nitrogen and oxygen atoms in total. The number of carbonyl (C=O) groups excluding carboxylic acids is 1. The molecular weight excluding hydrogens is 404 g/mol. The maximum Gasteiger partial charge on any atom is 0.261 e. The maximum absolute atomic E-state index is 12.4. The van der Waals surface area contributed by atoms with Crippen LogP contribution in [0.25, 0.3) is 0 Å². The van der Waals surface area contributed by atoms with Crippen LogP contribution >= 0.6 is 0 Å². The molecule has 164 valence electrons. The van der Waals surface area contributed by atoms with Gasteiger partial charge >= 0.3 is 0 Å². The van der Waals surface area contributed by atoms with Gasteiger partial charge in [-0.1, -0.05) is 13.0 Å². The Bertz CT molecular complexity index is 958. The molecule has 0 aliphatic carbocycles. The van der Waals surface area contributed by atoms with Gasteiger partial charge in [0.05, 0.1) is 18.5 Å². The van der Waals surface area contributed by atoms with Gasteiger partial charge in [0.2, 0.25) is 10.0 Å². The van der Waals surface area contributed by atoms with E-state index in [1.165, 1.54) is 16.9 Å². The first kappa shape index (κ1) is 23.5. The molecule has 1 N–H and O–H groups in total. The topological polar surface area (TPSA) is 84.9 Å². The molecule has 1 unspecified atom stereocenters. The lowest BCUT2D eigenvalue weighted by atomic mass is 10.1. The number of ether oxygens (including phenoxy) is 2. The van der Waals surface area contributed by atoms with Crippen LogP contribution in [0.4, 0.5) is 5.69 Å². The van der Waals surface area contributed by atoms with E-state index in [2.05, 4.69) is 5.32 Å². The second kappa shape index (κ2) is 10.3. The van der Waals surface area contributed by atoms with Gasteiger partial charge in [-0.05, 0) is 67.8 Å². The van der Waals surface area contributed by atoms with E-state index in [0.717, 1.165) is 17.6 Å². The zero-order valence-corrected chi connectivity index (χ0v) is 19.0. The highest BCUT2D eigenvalue weighted by Crippen LogP contribution is 2.21. The number of benzene rings is 2. The van der Waals surface area contributed by atoms with Gasteiger partial charge in [-0.25, -0.2) is 8.42 Å². The molecule has 0 saturated heterocycles. The summed E-state index contributed by atoms with van der Waals surface area (Å²) in [5.41, 5.74) is 2.88. The van der Waals surface area contributed by atoms with Crippen LogP contribution in [0.15, 0.2) is 42.5 Å². The molecule has 0 aliphatic heterocycles. The van der Waals surface area contributed by atoms with Crippen molar-refractivity contribution in [3.63, 3.8) is 0 Å². The van der Waals surface area contributed by atoms with E-state index >= 15 is 0 Å². The van der Waals surface area contributed by atoms with Crippen LogP contribution in [0.5, 0.6) is 11.5 Å². The Morgan fingerprint density at radius 1 is 1.07 bits per heavy atom. The van der Waals surface area contributed by atoms with Crippen LogP contribution in [0.2, 0.25) is 0 Å². The number of anilines is 1. The summed E-state index contributed by atoms with van der Waals surface area (Å²) in [5, 5.41) is 2.82. The predicted molar refractivity (Wildman–Crippen MR) is 119 cm³/mol. The van der Waals surface area contributed by atoms with E-state index in [1.54, 1.807) is 24.3 Å². The Balaban J connectivity index is 1.84. The van der Waals surface area contributed by atoms with Crippen LogP contribution in [0.1, 0.15) is 24.5 Å². The highest BCUT2D eigenvalue weighted by molar-refractivity contribution is 7.92. The van der Waals surface area contributed by atoms with Crippen molar-refractivity contribution in [2.75, 3.05) is 30.8 Å². The number of nitrogens with one attached hydrogen (secondary N) is 1. The van der Waals surface area contributed by atoms with Gasteiger partial charge in [0.25, 0.3) is 5.91 Å². The number of rotatable bonds is 10. The van der Waals surface area contributed by atoms with Gasteiger partial charge < -0.3 is 14.8 Å². The average Bonchev–Trinajstić information content (AvgIpc) is 2.71. The SMILES string of the molecule is CCC(Oc1ccc(N(C)S(C)(=O)=O)cc1)C(=O)NCCOc1ccc(C)c(C)c1. The van der Waals surface area contributed by atoms with Gasteiger partial charge in [-0.3, -0.25) is 9.10 Å². The fourth-order valence-electron chi connectivity index (χ4n) is 2.67. The largest absolute Gasteiger partial charge is 0.492 e. The van der Waals surface area contributed by atoms with Gasteiger partial charge in [0.15, 0.2) is 6.10 Å². The molecule has 0 aliphatic rings. The van der Waals surface area contributed by atoms with Gasteiger partial charge in [-0.2, -0.15) is 0 Å². The summed E-state index contributed by atoms with van der Waals surface area (Å²) < 4.78 is 35.8. The number of aryl methyl sites for hydroxylation is 2. The molecule has 8 heteroatoms. The molecule has 0 radical (unpaired) electrons. The van der Waals surface area contributed by atoms with Gasteiger partial charge in [0, 0.05) is 7.05 Å². The predicted octanol–water partition coefficient (Wildman–Crippen LogP) is 3.05. The van der Waals surface area contributed by atoms with E-state index in [4.69, 9.17) is 9.47 Å². The molecule has 30 heavy (non-hydrogen) atoms. The molecule has 1 amide bonds. The van der Waals surface area contributed by atoms with Crippen LogP contribution < -0.4 is 19.1 Å². The summed E-state index contributed by atoms with van der Waals surface area (Å²) in [7, 11) is -1.85. The number of hydrogen-bond donors (Lipinski definition) is 1. The average molecular weight is 435 g/mol. The third-order valence-electron chi connectivity index (χ3n) is 4.79. The third-order valence-corrected chi connectivity index (χ3v) is 5.99. The molecular formula is C22H30N2O5S. The van der Waals surface area contributed by atoms with Crippen LogP contribution in [-0.2, 0) is 14.8 Å². The Kier molecular flexibility index (Phi) is 8.11. The van der Waals surface area contributed by atoms with Crippen molar-refractivity contribution in [2.45, 2.75) is 33.3 Å². The Morgan fingerprint density at radius 2 is 1.70 bits per heavy atom. The fraction of sp³-hybridized carbons (Fsp3) is 0.409. The summed E-state index contributed by atoms with van der Waals surface area (Å²) in [4.78, 5) is 12.4. The lowest BCUT2D eigenvalue weighted by Gasteiger charge is -2.19. The van der Waals surface area contributed by atoms with Crippen LogP contribution in [0, 0.1) is 13.8 Å². The number of hydrogen-bond acceptors (Lipinski definition) is 5. The first-order valence-corrected chi connectivity index (χ1v) is 11.6. The molecule has 2 aromatic rings. The van der Waals surface area contributed by atoms with Crippen molar-refractivity contribution in [3.05, 3.63) is 53.6 Å². The van der Waals surface area contributed by atoms with Crippen molar-refractivity contribution >= 4 is 21.6 Å². The first-order chi connectivity index (χ1) is 14.1. The molecule has 1 atom stereocenters. The van der Waals surface area contributed by atoms with E-state index in [9.17, 15) is 13.2 Å². The lowest BCUT2D eigenvalue weighted by molar-refractivity contribution is -0.128. The fourth-order valence-corrected chi connectivity index (χ4v) is 3.18. The summed E-state index contributed by atoms with van der Waals surface area (Å²) in [6.07, 6.45) is 0.984. The minimum Gasteiger partial charge on any atom is -0.492 e. The second-order valence-corrected chi connectivity index (χ2v) is 9.14. The van der Waals surface area contributed by atoms with Crippen molar-refractivity contribution in [1.82, 2.24) is 5.32 Å². The van der Waals surface area contributed by atoms with Gasteiger partial charge in [-0.15, -0.1) is 0 Å². The van der Waals surface area contributed by atoms with Crippen LogP contribution in [0.3, 0.4) is 0 Å². The normalized spacial score (nSPS) is 12.2. The third kappa shape index (κ3) is 6.66. The van der Waals surface area contributed by atoms with Crippen LogP contribution in [-0.4, -0.2) is 46.9 Å². The van der Waals surface area contributed by atoms with Crippen molar-refractivity contribution in [1.29, 1.82) is 0 Å². The van der Waals surface area contributed by atoms with Crippen molar-refractivity contribution in [3.8, 4) is 11.5 Å². The minimum atomic E-state index is -3.33. The number of nitrogens with zero attached hydrogens (tertiary/aromatic N) is 1. The molecule has 0 bridgehead atoms. The number of amides is 1. The van der Waals surface area contributed by atoms with E-state index < -0.39 is 16.1 Å². The zero-order valence-electron chi connectivity index (χ0n) is 18.1. The minimum absolute atomic E-state index is 0.224.